The van der Waals surface area contributed by atoms with Crippen molar-refractivity contribution in [1.82, 2.24) is 4.98 Å². The van der Waals surface area contributed by atoms with Gasteiger partial charge in [0.05, 0.1) is 0 Å². The van der Waals surface area contributed by atoms with Gasteiger partial charge in [-0.25, -0.2) is 0 Å². The molecule has 12 heavy (non-hydrogen) atoms. The molecule has 0 atom stereocenters. The Morgan fingerprint density at radius 3 is 2.67 bits per heavy atom. The van der Waals surface area contributed by atoms with Crippen molar-refractivity contribution in [3.8, 4) is 5.88 Å². The summed E-state index contributed by atoms with van der Waals surface area (Å²) in [4.78, 5) is 2.92. The van der Waals surface area contributed by atoms with E-state index in [1.54, 1.807) is 0 Å². The molecule has 62 valence electrons. The van der Waals surface area contributed by atoms with Gasteiger partial charge in [-0.05, 0) is 25.5 Å². The monoisotopic (exact) mass is 161 g/mol. The fraction of sp³-hybridized carbons (Fsp3) is 0.200. The predicted molar refractivity (Wildman–Crippen MR) is 49.4 cm³/mol. The first-order chi connectivity index (χ1) is 5.70. The molecule has 0 aliphatic heterocycles. The Bertz CT molecular complexity index is 429. The van der Waals surface area contributed by atoms with Crippen LogP contribution in [0.4, 0.5) is 0 Å². The zero-order valence-electron chi connectivity index (χ0n) is 7.18. The topological polar surface area (TPSA) is 36.0 Å². The van der Waals surface area contributed by atoms with Gasteiger partial charge in [-0.2, -0.15) is 0 Å². The molecule has 0 bridgehead atoms. The summed E-state index contributed by atoms with van der Waals surface area (Å²) in [5.74, 6) is 0.277. The van der Waals surface area contributed by atoms with Crippen molar-refractivity contribution in [2.45, 2.75) is 13.8 Å². The molecular formula is C10H11NO. The van der Waals surface area contributed by atoms with Gasteiger partial charge < -0.3 is 10.1 Å². The highest BCUT2D eigenvalue weighted by molar-refractivity contribution is 5.88. The van der Waals surface area contributed by atoms with Crippen LogP contribution in [0.2, 0.25) is 0 Å². The van der Waals surface area contributed by atoms with Crippen LogP contribution in [0.3, 0.4) is 0 Å². The molecule has 0 aliphatic rings. The lowest BCUT2D eigenvalue weighted by atomic mass is 10.1. The average Bonchev–Trinajstić information content (AvgIpc) is 2.29. The quantitative estimate of drug-likeness (QED) is 0.611. The van der Waals surface area contributed by atoms with Crippen LogP contribution in [0.5, 0.6) is 5.88 Å². The predicted octanol–water partition coefficient (Wildman–Crippen LogP) is 2.49. The van der Waals surface area contributed by atoms with E-state index in [1.807, 2.05) is 32.0 Å². The third-order valence-corrected chi connectivity index (χ3v) is 2.26. The summed E-state index contributed by atoms with van der Waals surface area (Å²) in [6.45, 7) is 3.96. The van der Waals surface area contributed by atoms with Gasteiger partial charge in [0.2, 0.25) is 0 Å². The number of hydrogen-bond acceptors (Lipinski definition) is 1. The Hall–Kier alpha value is -1.44. The van der Waals surface area contributed by atoms with Gasteiger partial charge in [-0.1, -0.05) is 12.1 Å². The Kier molecular flexibility index (Phi) is 1.37. The van der Waals surface area contributed by atoms with Gasteiger partial charge in [-0.3, -0.25) is 0 Å². The molecule has 0 saturated carbocycles. The van der Waals surface area contributed by atoms with E-state index in [-0.39, 0.29) is 5.88 Å². The van der Waals surface area contributed by atoms with Crippen LogP contribution >= 0.6 is 0 Å². The SMILES string of the molecule is Cc1cccc2[nH]c(O)c(C)c12. The van der Waals surface area contributed by atoms with Gasteiger partial charge >= 0.3 is 0 Å². The molecule has 2 nitrogen and oxygen atoms in total. The molecule has 1 aromatic heterocycles. The Morgan fingerprint density at radius 2 is 2.00 bits per heavy atom. The van der Waals surface area contributed by atoms with Crippen LogP contribution in [0.25, 0.3) is 10.9 Å². The van der Waals surface area contributed by atoms with Crippen LogP contribution < -0.4 is 0 Å². The molecule has 2 N–H and O–H groups in total. The van der Waals surface area contributed by atoms with Crippen LogP contribution in [-0.4, -0.2) is 10.1 Å². The maximum absolute atomic E-state index is 9.41. The zero-order valence-corrected chi connectivity index (χ0v) is 7.18. The van der Waals surface area contributed by atoms with Gasteiger partial charge in [0.15, 0.2) is 5.88 Å². The lowest BCUT2D eigenvalue weighted by molar-refractivity contribution is 0.454. The second kappa shape index (κ2) is 2.27. The highest BCUT2D eigenvalue weighted by Crippen LogP contribution is 2.28. The lowest BCUT2D eigenvalue weighted by Gasteiger charge is -1.95. The number of aromatic amines is 1. The molecule has 0 aliphatic carbocycles. The molecule has 2 aromatic rings. The summed E-state index contributed by atoms with van der Waals surface area (Å²) in [5, 5.41) is 10.5. The molecule has 1 aromatic carbocycles. The minimum Gasteiger partial charge on any atom is -0.494 e. The first-order valence-corrected chi connectivity index (χ1v) is 3.97. The minimum absolute atomic E-state index is 0.277. The zero-order chi connectivity index (χ0) is 8.72. The molecule has 0 unspecified atom stereocenters. The second-order valence-corrected chi connectivity index (χ2v) is 3.10. The fourth-order valence-corrected chi connectivity index (χ4v) is 1.61. The van der Waals surface area contributed by atoms with E-state index >= 15 is 0 Å². The number of aromatic nitrogens is 1. The van der Waals surface area contributed by atoms with Gasteiger partial charge in [-0.15, -0.1) is 0 Å². The summed E-state index contributed by atoms with van der Waals surface area (Å²) >= 11 is 0. The van der Waals surface area contributed by atoms with E-state index in [2.05, 4.69) is 4.98 Å². The third kappa shape index (κ3) is 0.811. The van der Waals surface area contributed by atoms with Crippen LogP contribution in [0.15, 0.2) is 18.2 Å². The van der Waals surface area contributed by atoms with E-state index < -0.39 is 0 Å². The van der Waals surface area contributed by atoms with Crippen LogP contribution in [0.1, 0.15) is 11.1 Å². The lowest BCUT2D eigenvalue weighted by Crippen LogP contribution is -1.74. The Morgan fingerprint density at radius 1 is 1.25 bits per heavy atom. The summed E-state index contributed by atoms with van der Waals surface area (Å²) in [5.41, 5.74) is 3.13. The van der Waals surface area contributed by atoms with Gasteiger partial charge in [0, 0.05) is 16.5 Å². The largest absolute Gasteiger partial charge is 0.494 e. The van der Waals surface area contributed by atoms with Gasteiger partial charge in [0.1, 0.15) is 0 Å². The molecule has 0 radical (unpaired) electrons. The molecule has 2 heteroatoms. The van der Waals surface area contributed by atoms with E-state index in [0.29, 0.717) is 0 Å². The van der Waals surface area contributed by atoms with Crippen molar-refractivity contribution in [1.29, 1.82) is 0 Å². The summed E-state index contributed by atoms with van der Waals surface area (Å²) in [6, 6.07) is 5.99. The van der Waals surface area contributed by atoms with Gasteiger partial charge in [0.25, 0.3) is 0 Å². The first-order valence-electron chi connectivity index (χ1n) is 3.97. The Balaban J connectivity index is 2.97. The number of benzene rings is 1. The number of aryl methyl sites for hydroxylation is 2. The molecule has 0 fully saturated rings. The number of H-pyrrole nitrogens is 1. The number of rotatable bonds is 0. The van der Waals surface area contributed by atoms with Crippen molar-refractivity contribution < 1.29 is 5.11 Å². The molecule has 0 spiro atoms. The van der Waals surface area contributed by atoms with Crippen molar-refractivity contribution in [3.05, 3.63) is 29.3 Å². The normalized spacial score (nSPS) is 10.8. The summed E-state index contributed by atoms with van der Waals surface area (Å²) in [6.07, 6.45) is 0. The van der Waals surface area contributed by atoms with Crippen LogP contribution in [0, 0.1) is 13.8 Å². The Labute approximate surface area is 70.8 Å². The molecule has 0 amide bonds. The van der Waals surface area contributed by atoms with Crippen molar-refractivity contribution in [2.24, 2.45) is 0 Å². The van der Waals surface area contributed by atoms with E-state index in [1.165, 1.54) is 5.56 Å². The molecule has 2 rings (SSSR count). The highest BCUT2D eigenvalue weighted by atomic mass is 16.3. The summed E-state index contributed by atoms with van der Waals surface area (Å²) in [7, 11) is 0. The van der Waals surface area contributed by atoms with Crippen molar-refractivity contribution in [2.75, 3.05) is 0 Å². The second-order valence-electron chi connectivity index (χ2n) is 3.10. The number of nitrogens with one attached hydrogen (secondary N) is 1. The molecule has 0 saturated heterocycles. The maximum Gasteiger partial charge on any atom is 0.192 e. The van der Waals surface area contributed by atoms with E-state index in [0.717, 1.165) is 16.5 Å². The number of aromatic hydroxyl groups is 1. The summed E-state index contributed by atoms with van der Waals surface area (Å²) < 4.78 is 0. The van der Waals surface area contributed by atoms with Crippen molar-refractivity contribution in [3.63, 3.8) is 0 Å². The molecule has 1 heterocycles. The first kappa shape index (κ1) is 7.22. The smallest absolute Gasteiger partial charge is 0.192 e. The van der Waals surface area contributed by atoms with Crippen LogP contribution in [-0.2, 0) is 0 Å². The standard InChI is InChI=1S/C10H11NO/c1-6-4-3-5-8-9(6)7(2)10(12)11-8/h3-5,11-12H,1-2H3. The average molecular weight is 161 g/mol. The van der Waals surface area contributed by atoms with Crippen molar-refractivity contribution >= 4 is 10.9 Å². The van der Waals surface area contributed by atoms with E-state index in [9.17, 15) is 5.11 Å². The fourth-order valence-electron chi connectivity index (χ4n) is 1.61. The number of fused-ring (bicyclic) bond motifs is 1. The maximum atomic E-state index is 9.41. The van der Waals surface area contributed by atoms with E-state index in [4.69, 9.17) is 0 Å². The minimum atomic E-state index is 0.277. The number of hydrogen-bond donors (Lipinski definition) is 2. The highest BCUT2D eigenvalue weighted by Gasteiger charge is 2.06. The molecular weight excluding hydrogens is 150 g/mol. The third-order valence-electron chi connectivity index (χ3n) is 2.26.